The lowest BCUT2D eigenvalue weighted by Crippen LogP contribution is -1.93. The van der Waals surface area contributed by atoms with Gasteiger partial charge in [-0.3, -0.25) is 0 Å². The second kappa shape index (κ2) is 5.27. The molecule has 5 N–H and O–H groups in total. The molecule has 0 unspecified atom stereocenters. The number of rotatable bonds is 3. The van der Waals surface area contributed by atoms with E-state index in [1.807, 2.05) is 30.3 Å². The van der Waals surface area contributed by atoms with Gasteiger partial charge >= 0.3 is 5.97 Å². The first-order chi connectivity index (χ1) is 9.06. The minimum atomic E-state index is -0.968. The van der Waals surface area contributed by atoms with E-state index in [2.05, 4.69) is 0 Å². The molecule has 0 aliphatic carbocycles. The van der Waals surface area contributed by atoms with E-state index in [1.54, 1.807) is 12.1 Å². The predicted octanol–water partition coefficient (Wildman–Crippen LogP) is 2.62. The molecule has 19 heavy (non-hydrogen) atoms. The molecule has 2 rings (SSSR count). The van der Waals surface area contributed by atoms with E-state index in [0.717, 1.165) is 22.8 Å². The molecule has 0 spiro atoms. The molecule has 96 valence electrons. The Morgan fingerprint density at radius 2 is 1.74 bits per heavy atom. The van der Waals surface area contributed by atoms with Gasteiger partial charge in [0.05, 0.1) is 0 Å². The van der Waals surface area contributed by atoms with Gasteiger partial charge in [-0.1, -0.05) is 24.3 Å². The fraction of sp³-hybridized carbons (Fsp3) is 0. The van der Waals surface area contributed by atoms with Crippen LogP contribution in [0.3, 0.4) is 0 Å². The lowest BCUT2D eigenvalue weighted by atomic mass is 10.0. The number of nitrogens with two attached hydrogens (primary N) is 2. The Kier molecular flexibility index (Phi) is 3.52. The van der Waals surface area contributed by atoms with E-state index >= 15 is 0 Å². The maximum atomic E-state index is 10.4. The van der Waals surface area contributed by atoms with Crippen LogP contribution < -0.4 is 11.5 Å². The van der Waals surface area contributed by atoms with Crippen molar-refractivity contribution in [1.82, 2.24) is 0 Å². The number of carbonyl (C=O) groups is 1. The smallest absolute Gasteiger partial charge is 0.328 e. The van der Waals surface area contributed by atoms with Crippen LogP contribution in [0.2, 0.25) is 0 Å². The zero-order chi connectivity index (χ0) is 13.8. The summed E-state index contributed by atoms with van der Waals surface area (Å²) in [7, 11) is 0. The molecule has 2 aromatic carbocycles. The number of aliphatic carboxylic acids is 1. The summed E-state index contributed by atoms with van der Waals surface area (Å²) in [6.07, 6.45) is 2.64. The molecule has 0 bridgehead atoms. The van der Waals surface area contributed by atoms with Crippen molar-refractivity contribution in [2.24, 2.45) is 0 Å². The topological polar surface area (TPSA) is 89.3 Å². The van der Waals surface area contributed by atoms with Crippen molar-refractivity contribution < 1.29 is 9.90 Å². The molecular formula is C15H14N2O2. The molecule has 0 amide bonds. The van der Waals surface area contributed by atoms with Crippen LogP contribution in [0.4, 0.5) is 11.4 Å². The largest absolute Gasteiger partial charge is 0.478 e. The highest BCUT2D eigenvalue weighted by molar-refractivity contribution is 5.85. The average molecular weight is 254 g/mol. The number of nitrogen functional groups attached to an aromatic ring is 2. The Morgan fingerprint density at radius 1 is 1.05 bits per heavy atom. The number of hydrogen-bond donors (Lipinski definition) is 3. The van der Waals surface area contributed by atoms with Crippen LogP contribution in [0.5, 0.6) is 0 Å². The highest BCUT2D eigenvalue weighted by atomic mass is 16.4. The van der Waals surface area contributed by atoms with E-state index in [9.17, 15) is 4.79 Å². The SMILES string of the molecule is Nc1ccc(N)c(-c2ccc(C=CC(=O)O)cc2)c1. The molecular weight excluding hydrogens is 240 g/mol. The lowest BCUT2D eigenvalue weighted by Gasteiger charge is -2.07. The molecule has 0 saturated heterocycles. The third kappa shape index (κ3) is 3.13. The summed E-state index contributed by atoms with van der Waals surface area (Å²) in [6, 6.07) is 12.8. The van der Waals surface area contributed by atoms with Crippen LogP contribution in [-0.2, 0) is 4.79 Å². The van der Waals surface area contributed by atoms with Crippen molar-refractivity contribution in [3.05, 3.63) is 54.1 Å². The predicted molar refractivity (Wildman–Crippen MR) is 77.4 cm³/mol. The molecule has 4 heteroatoms. The van der Waals surface area contributed by atoms with Crippen molar-refractivity contribution in [3.8, 4) is 11.1 Å². The van der Waals surface area contributed by atoms with Gasteiger partial charge in [0.2, 0.25) is 0 Å². The van der Waals surface area contributed by atoms with Crippen molar-refractivity contribution >= 4 is 23.4 Å². The summed E-state index contributed by atoms with van der Waals surface area (Å²) in [5.41, 5.74) is 15.6. The number of anilines is 2. The zero-order valence-corrected chi connectivity index (χ0v) is 10.2. The van der Waals surface area contributed by atoms with Gasteiger partial charge in [0.1, 0.15) is 0 Å². The Labute approximate surface area is 111 Å². The van der Waals surface area contributed by atoms with Crippen molar-refractivity contribution in [1.29, 1.82) is 0 Å². The van der Waals surface area contributed by atoms with Crippen molar-refractivity contribution in [2.45, 2.75) is 0 Å². The fourth-order valence-corrected chi connectivity index (χ4v) is 1.77. The second-order valence-corrected chi connectivity index (χ2v) is 4.14. The summed E-state index contributed by atoms with van der Waals surface area (Å²) >= 11 is 0. The van der Waals surface area contributed by atoms with Gasteiger partial charge in [0.15, 0.2) is 0 Å². The molecule has 0 aromatic heterocycles. The van der Waals surface area contributed by atoms with Crippen LogP contribution in [0.25, 0.3) is 17.2 Å². The fourth-order valence-electron chi connectivity index (χ4n) is 1.77. The first-order valence-electron chi connectivity index (χ1n) is 5.73. The van der Waals surface area contributed by atoms with Crippen LogP contribution in [0, 0.1) is 0 Å². The van der Waals surface area contributed by atoms with Crippen molar-refractivity contribution in [3.63, 3.8) is 0 Å². The Bertz CT molecular complexity index is 631. The summed E-state index contributed by atoms with van der Waals surface area (Å²) < 4.78 is 0. The standard InChI is InChI=1S/C15H14N2O2/c16-12-6-7-14(17)13(9-12)11-4-1-10(2-5-11)3-8-15(18)19/h1-9H,16-17H2,(H,18,19). The van der Waals surface area contributed by atoms with Gasteiger partial charge in [-0.05, 0) is 35.4 Å². The molecule has 0 aliphatic rings. The highest BCUT2D eigenvalue weighted by Gasteiger charge is 2.02. The van der Waals surface area contributed by atoms with Gasteiger partial charge in [0, 0.05) is 23.0 Å². The number of carboxylic acid groups (broad SMARTS) is 1. The van der Waals surface area contributed by atoms with Crippen molar-refractivity contribution in [2.75, 3.05) is 11.5 Å². The third-order valence-corrected chi connectivity index (χ3v) is 2.72. The normalized spacial score (nSPS) is 10.7. The van der Waals surface area contributed by atoms with E-state index < -0.39 is 5.97 Å². The van der Waals surface area contributed by atoms with Crippen LogP contribution in [0.15, 0.2) is 48.5 Å². The molecule has 0 heterocycles. The van der Waals surface area contributed by atoms with E-state index in [1.165, 1.54) is 6.08 Å². The minimum Gasteiger partial charge on any atom is -0.478 e. The molecule has 4 nitrogen and oxygen atoms in total. The first kappa shape index (κ1) is 12.7. The summed E-state index contributed by atoms with van der Waals surface area (Å²) in [4.78, 5) is 10.4. The van der Waals surface area contributed by atoms with E-state index in [-0.39, 0.29) is 0 Å². The van der Waals surface area contributed by atoms with Gasteiger partial charge in [-0.15, -0.1) is 0 Å². The third-order valence-electron chi connectivity index (χ3n) is 2.72. The average Bonchev–Trinajstić information content (AvgIpc) is 2.40. The number of hydrogen-bond acceptors (Lipinski definition) is 3. The summed E-state index contributed by atoms with van der Waals surface area (Å²) in [5.74, 6) is -0.968. The van der Waals surface area contributed by atoms with E-state index in [4.69, 9.17) is 16.6 Å². The summed E-state index contributed by atoms with van der Waals surface area (Å²) in [6.45, 7) is 0. The number of carboxylic acids is 1. The molecule has 0 fully saturated rings. The zero-order valence-electron chi connectivity index (χ0n) is 10.2. The van der Waals surface area contributed by atoms with Gasteiger partial charge in [0.25, 0.3) is 0 Å². The highest BCUT2D eigenvalue weighted by Crippen LogP contribution is 2.28. The summed E-state index contributed by atoms with van der Waals surface area (Å²) in [5, 5.41) is 8.56. The first-order valence-corrected chi connectivity index (χ1v) is 5.73. The lowest BCUT2D eigenvalue weighted by molar-refractivity contribution is -0.131. The maximum Gasteiger partial charge on any atom is 0.328 e. The van der Waals surface area contributed by atoms with Gasteiger partial charge in [-0.2, -0.15) is 0 Å². The number of benzene rings is 2. The Morgan fingerprint density at radius 3 is 2.37 bits per heavy atom. The van der Waals surface area contributed by atoms with Gasteiger partial charge < -0.3 is 16.6 Å². The Hall–Kier alpha value is -2.75. The van der Waals surface area contributed by atoms with Crippen LogP contribution in [0.1, 0.15) is 5.56 Å². The van der Waals surface area contributed by atoms with Gasteiger partial charge in [-0.25, -0.2) is 4.79 Å². The molecule has 0 atom stereocenters. The van der Waals surface area contributed by atoms with Crippen LogP contribution >= 0.6 is 0 Å². The minimum absolute atomic E-state index is 0.652. The second-order valence-electron chi connectivity index (χ2n) is 4.14. The van der Waals surface area contributed by atoms with Crippen LogP contribution in [-0.4, -0.2) is 11.1 Å². The maximum absolute atomic E-state index is 10.4. The van der Waals surface area contributed by atoms with E-state index in [0.29, 0.717) is 11.4 Å². The molecule has 0 aliphatic heterocycles. The monoisotopic (exact) mass is 254 g/mol. The Balaban J connectivity index is 2.32. The quantitative estimate of drug-likeness (QED) is 0.580. The molecule has 0 saturated carbocycles. The molecule has 0 radical (unpaired) electrons. The molecule has 2 aromatic rings.